The maximum Gasteiger partial charge on any atom is 0.373 e. The molecule has 2 aromatic rings. The van der Waals surface area contributed by atoms with Crippen LogP contribution < -0.4 is 15.0 Å². The molecule has 1 aliphatic carbocycles. The second kappa shape index (κ2) is 12.4. The van der Waals surface area contributed by atoms with Gasteiger partial charge in [-0.3, -0.25) is 0 Å². The minimum absolute atomic E-state index is 0.0381. The second-order valence-electron chi connectivity index (χ2n) is 10.5. The van der Waals surface area contributed by atoms with Gasteiger partial charge in [0.25, 0.3) is 0 Å². The van der Waals surface area contributed by atoms with Crippen molar-refractivity contribution < 1.29 is 14.3 Å². The molecule has 0 spiro atoms. The Labute approximate surface area is 228 Å². The van der Waals surface area contributed by atoms with Gasteiger partial charge in [0.1, 0.15) is 5.82 Å². The molecule has 3 heterocycles. The van der Waals surface area contributed by atoms with Crippen molar-refractivity contribution in [1.29, 1.82) is 0 Å². The lowest BCUT2D eigenvalue weighted by Crippen LogP contribution is -2.56. The van der Waals surface area contributed by atoms with Crippen molar-refractivity contribution in [3.63, 3.8) is 0 Å². The van der Waals surface area contributed by atoms with E-state index in [0.717, 1.165) is 54.2 Å². The van der Waals surface area contributed by atoms with Crippen LogP contribution in [0.25, 0.3) is 0 Å². The lowest BCUT2D eigenvalue weighted by atomic mass is 9.76. The van der Waals surface area contributed by atoms with Crippen LogP contribution in [0.1, 0.15) is 51.1 Å². The van der Waals surface area contributed by atoms with Gasteiger partial charge >= 0.3 is 6.15 Å². The Morgan fingerprint density at radius 1 is 1.11 bits per heavy atom. The highest BCUT2D eigenvalue weighted by Gasteiger charge is 2.40. The average molecular weight is 549 g/mol. The van der Waals surface area contributed by atoms with E-state index in [1.165, 1.54) is 38.8 Å². The summed E-state index contributed by atoms with van der Waals surface area (Å²) in [5.41, 5.74) is 0.969. The van der Waals surface area contributed by atoms with Crippen molar-refractivity contribution in [1.82, 2.24) is 14.9 Å². The highest BCUT2D eigenvalue weighted by atomic mass is 35.5. The number of nitrogens with zero attached hydrogens (tertiary/aromatic N) is 4. The molecule has 1 aromatic carbocycles. The van der Waals surface area contributed by atoms with Gasteiger partial charge in [-0.1, -0.05) is 36.2 Å². The van der Waals surface area contributed by atoms with Crippen LogP contribution >= 0.6 is 23.2 Å². The number of benzene rings is 1. The number of anilines is 2. The minimum atomic E-state index is -0.0381. The summed E-state index contributed by atoms with van der Waals surface area (Å²) < 4.78 is 5.48. The number of aromatic nitrogens is 2. The van der Waals surface area contributed by atoms with Gasteiger partial charge in [-0.05, 0) is 74.6 Å². The van der Waals surface area contributed by atoms with Gasteiger partial charge in [-0.25, -0.2) is 0 Å². The zero-order valence-electron chi connectivity index (χ0n) is 21.6. The molecule has 3 fully saturated rings. The normalized spacial score (nSPS) is 24.6. The van der Waals surface area contributed by atoms with E-state index in [-0.39, 0.29) is 12.2 Å². The summed E-state index contributed by atoms with van der Waals surface area (Å²) in [6.07, 6.45) is 5.70. The number of ether oxygens (including phenoxy) is 1. The van der Waals surface area contributed by atoms with Gasteiger partial charge in [0, 0.05) is 41.8 Å². The van der Waals surface area contributed by atoms with E-state index in [0.29, 0.717) is 15.9 Å². The standard InChI is InChI=1S/C26H35Cl2N5O.CO2/c1-16-9-21(10-16)32-8-4-5-18(13-32)19-14-33(15-19)26-30-24(12-25(31-26)34-3)29-17(2)22-7-6-20(27)11-23(22)28;2-1-3/h6-7,11-12,16-19,21H,4-5,8-10,13-15H2,1-3H3,(H,29,30,31);/t16?,17-,18+,21?;/m1./s1. The third-order valence-corrected chi connectivity index (χ3v) is 8.47. The third-order valence-electron chi connectivity index (χ3n) is 7.91. The van der Waals surface area contributed by atoms with Crippen molar-refractivity contribution in [2.24, 2.45) is 17.8 Å². The van der Waals surface area contributed by atoms with Crippen LogP contribution in [-0.4, -0.2) is 60.4 Å². The number of hydrogen-bond acceptors (Lipinski definition) is 8. The molecule has 37 heavy (non-hydrogen) atoms. The monoisotopic (exact) mass is 547 g/mol. The molecule has 0 radical (unpaired) electrons. The van der Waals surface area contributed by atoms with Gasteiger partial charge in [0.2, 0.25) is 11.8 Å². The van der Waals surface area contributed by atoms with Crippen LogP contribution in [0.4, 0.5) is 11.8 Å². The first-order valence-corrected chi connectivity index (χ1v) is 13.7. The molecule has 200 valence electrons. The van der Waals surface area contributed by atoms with Crippen LogP contribution in [0.3, 0.4) is 0 Å². The summed E-state index contributed by atoms with van der Waals surface area (Å²) >= 11 is 12.5. The Balaban J connectivity index is 0.00000102. The van der Waals surface area contributed by atoms with Crippen LogP contribution in [0, 0.1) is 17.8 Å². The van der Waals surface area contributed by atoms with E-state index in [1.54, 1.807) is 13.2 Å². The zero-order chi connectivity index (χ0) is 26.5. The molecular weight excluding hydrogens is 513 g/mol. The molecule has 1 N–H and O–H groups in total. The van der Waals surface area contributed by atoms with Gasteiger partial charge in [-0.15, -0.1) is 0 Å². The van der Waals surface area contributed by atoms with Gasteiger partial charge in [0.05, 0.1) is 13.2 Å². The molecule has 1 aromatic heterocycles. The fourth-order valence-electron chi connectivity index (χ4n) is 5.77. The Hall–Kier alpha value is -2.38. The lowest BCUT2D eigenvalue weighted by molar-refractivity contribution is -0.191. The van der Waals surface area contributed by atoms with Crippen molar-refractivity contribution >= 4 is 41.1 Å². The number of methoxy groups -OCH3 is 1. The molecule has 8 nitrogen and oxygen atoms in total. The number of likely N-dealkylation sites (tertiary alicyclic amines) is 1. The molecular formula is C27H35Cl2N5O3. The zero-order valence-corrected chi connectivity index (χ0v) is 23.1. The summed E-state index contributed by atoms with van der Waals surface area (Å²) in [4.78, 5) is 30.7. The molecule has 0 bridgehead atoms. The van der Waals surface area contributed by atoms with E-state index < -0.39 is 0 Å². The van der Waals surface area contributed by atoms with Crippen LogP contribution in [0.15, 0.2) is 24.3 Å². The molecule has 10 heteroatoms. The smallest absolute Gasteiger partial charge is 0.373 e. The number of piperidine rings is 1. The first-order chi connectivity index (χ1) is 17.8. The maximum absolute atomic E-state index is 8.12. The molecule has 2 aliphatic heterocycles. The molecule has 1 saturated carbocycles. The quantitative estimate of drug-likeness (QED) is 0.497. The summed E-state index contributed by atoms with van der Waals surface area (Å²) in [7, 11) is 1.65. The Kier molecular flexibility index (Phi) is 9.30. The van der Waals surface area contributed by atoms with Crippen molar-refractivity contribution in [3.05, 3.63) is 39.9 Å². The van der Waals surface area contributed by atoms with E-state index in [9.17, 15) is 0 Å². The molecule has 5 rings (SSSR count). The first-order valence-electron chi connectivity index (χ1n) is 12.9. The van der Waals surface area contributed by atoms with Gasteiger partial charge < -0.3 is 19.9 Å². The average Bonchev–Trinajstić information content (AvgIpc) is 2.81. The number of nitrogens with one attached hydrogen (secondary N) is 1. The van der Waals surface area contributed by atoms with Crippen LogP contribution in [0.2, 0.25) is 10.0 Å². The largest absolute Gasteiger partial charge is 0.481 e. The van der Waals surface area contributed by atoms with E-state index in [4.69, 9.17) is 42.5 Å². The SMILES string of the molecule is COc1cc(N[C@H](C)c2ccc(Cl)cc2Cl)nc(N2CC([C@H]3CCCN(C4CC(C)C4)C3)C2)n1.O=C=O. The van der Waals surface area contributed by atoms with E-state index in [2.05, 4.69) is 33.9 Å². The van der Waals surface area contributed by atoms with Crippen LogP contribution in [-0.2, 0) is 9.59 Å². The summed E-state index contributed by atoms with van der Waals surface area (Å²) in [5, 5.41) is 4.72. The number of rotatable bonds is 7. The van der Waals surface area contributed by atoms with Crippen molar-refractivity contribution in [2.75, 3.05) is 43.5 Å². The Morgan fingerprint density at radius 3 is 2.49 bits per heavy atom. The fourth-order valence-corrected chi connectivity index (χ4v) is 6.35. The van der Waals surface area contributed by atoms with Gasteiger partial charge in [-0.2, -0.15) is 19.6 Å². The molecule has 3 aliphatic rings. The minimum Gasteiger partial charge on any atom is -0.481 e. The summed E-state index contributed by atoms with van der Waals surface area (Å²) in [5.74, 6) is 4.44. The fraction of sp³-hybridized carbons (Fsp3) is 0.593. The Morgan fingerprint density at radius 2 is 1.84 bits per heavy atom. The topological polar surface area (TPSA) is 87.7 Å². The van der Waals surface area contributed by atoms with Gasteiger partial charge in [0.15, 0.2) is 0 Å². The Bertz CT molecular complexity index is 1100. The molecule has 0 amide bonds. The van der Waals surface area contributed by atoms with Crippen molar-refractivity contribution in [3.8, 4) is 5.88 Å². The highest BCUT2D eigenvalue weighted by Crippen LogP contribution is 2.38. The predicted octanol–water partition coefficient (Wildman–Crippen LogP) is 5.33. The first kappa shape index (κ1) is 27.6. The predicted molar refractivity (Wildman–Crippen MR) is 144 cm³/mol. The third kappa shape index (κ3) is 6.74. The lowest BCUT2D eigenvalue weighted by Gasteiger charge is -2.50. The summed E-state index contributed by atoms with van der Waals surface area (Å²) in [6, 6.07) is 8.19. The number of halogens is 2. The van der Waals surface area contributed by atoms with Crippen LogP contribution in [0.5, 0.6) is 5.88 Å². The number of carbonyl (C=O) groups excluding carboxylic acids is 2. The van der Waals surface area contributed by atoms with Crippen molar-refractivity contribution in [2.45, 2.75) is 51.6 Å². The second-order valence-corrected chi connectivity index (χ2v) is 11.3. The molecule has 2 saturated heterocycles. The van der Waals surface area contributed by atoms with E-state index >= 15 is 0 Å². The van der Waals surface area contributed by atoms with E-state index in [1.807, 2.05) is 18.2 Å². The summed E-state index contributed by atoms with van der Waals surface area (Å²) in [6.45, 7) is 9.02. The highest BCUT2D eigenvalue weighted by molar-refractivity contribution is 6.35. The molecule has 0 unspecified atom stereocenters. The maximum atomic E-state index is 8.12. The number of hydrogen-bond donors (Lipinski definition) is 1. The molecule has 2 atom stereocenters.